The molecule has 0 spiro atoms. The lowest BCUT2D eigenvalue weighted by Gasteiger charge is -2.29. The first-order valence-corrected chi connectivity index (χ1v) is 6.27. The first kappa shape index (κ1) is 14.9. The number of nitrogens with one attached hydrogen (secondary N) is 1. The summed E-state index contributed by atoms with van der Waals surface area (Å²) < 4.78 is 0. The van der Waals surface area contributed by atoms with Gasteiger partial charge in [0.15, 0.2) is 0 Å². The Labute approximate surface area is 95.5 Å². The van der Waals surface area contributed by atoms with E-state index in [1.807, 2.05) is 0 Å². The molecule has 0 saturated carbocycles. The number of hydrogen-bond donors (Lipinski definition) is 2. The summed E-state index contributed by atoms with van der Waals surface area (Å²) in [6.07, 6.45) is 3.22. The molecule has 0 fully saturated rings. The summed E-state index contributed by atoms with van der Waals surface area (Å²) in [5.74, 6) is 0.735. The largest absolute Gasteiger partial charge is 0.396 e. The number of hydrogen-bond acceptors (Lipinski definition) is 2. The average molecular weight is 215 g/mol. The summed E-state index contributed by atoms with van der Waals surface area (Å²) in [5, 5.41) is 12.4. The minimum atomic E-state index is 0.296. The third kappa shape index (κ3) is 6.91. The summed E-state index contributed by atoms with van der Waals surface area (Å²) in [6.45, 7) is 12.7. The summed E-state index contributed by atoms with van der Waals surface area (Å²) in [7, 11) is 0. The smallest absolute Gasteiger partial charge is 0.0431 e. The van der Waals surface area contributed by atoms with E-state index in [0.717, 1.165) is 25.3 Å². The van der Waals surface area contributed by atoms with Gasteiger partial charge in [-0.05, 0) is 31.1 Å². The summed E-state index contributed by atoms with van der Waals surface area (Å²) in [6, 6.07) is 0.586. The molecule has 0 aromatic carbocycles. The zero-order chi connectivity index (χ0) is 11.9. The van der Waals surface area contributed by atoms with Gasteiger partial charge in [0, 0.05) is 19.2 Å². The SMILES string of the molecule is CCC(C)C(C)NCC(C)(C)CCCO. The van der Waals surface area contributed by atoms with Crippen molar-refractivity contribution < 1.29 is 5.11 Å². The van der Waals surface area contributed by atoms with E-state index in [1.165, 1.54) is 6.42 Å². The highest BCUT2D eigenvalue weighted by atomic mass is 16.2. The molecule has 0 bridgehead atoms. The standard InChI is InChI=1S/C13H29NO/c1-6-11(2)12(3)14-10-13(4,5)8-7-9-15/h11-12,14-15H,6-10H2,1-5H3. The first-order chi connectivity index (χ1) is 6.93. The molecule has 2 nitrogen and oxygen atoms in total. The molecular formula is C13H29NO. The van der Waals surface area contributed by atoms with Gasteiger partial charge in [-0.15, -0.1) is 0 Å². The van der Waals surface area contributed by atoms with Crippen LogP contribution < -0.4 is 5.32 Å². The molecule has 0 aliphatic rings. The molecule has 0 radical (unpaired) electrons. The van der Waals surface area contributed by atoms with Crippen LogP contribution in [0.4, 0.5) is 0 Å². The molecule has 0 aromatic rings. The maximum absolute atomic E-state index is 8.81. The minimum absolute atomic E-state index is 0.296. The van der Waals surface area contributed by atoms with Crippen LogP contribution in [0.3, 0.4) is 0 Å². The molecular weight excluding hydrogens is 186 g/mol. The highest BCUT2D eigenvalue weighted by molar-refractivity contribution is 4.75. The maximum atomic E-state index is 8.81. The van der Waals surface area contributed by atoms with E-state index in [1.54, 1.807) is 0 Å². The Morgan fingerprint density at radius 2 is 1.87 bits per heavy atom. The van der Waals surface area contributed by atoms with Crippen molar-refractivity contribution in [2.24, 2.45) is 11.3 Å². The molecule has 2 N–H and O–H groups in total. The van der Waals surface area contributed by atoms with Crippen molar-refractivity contribution in [3.8, 4) is 0 Å². The van der Waals surface area contributed by atoms with Gasteiger partial charge in [0.1, 0.15) is 0 Å². The molecule has 0 aliphatic heterocycles. The quantitative estimate of drug-likeness (QED) is 0.652. The predicted octanol–water partition coefficient (Wildman–Crippen LogP) is 2.81. The summed E-state index contributed by atoms with van der Waals surface area (Å²) in [5.41, 5.74) is 0.296. The highest BCUT2D eigenvalue weighted by Crippen LogP contribution is 2.21. The topological polar surface area (TPSA) is 32.3 Å². The molecule has 92 valence electrons. The number of aliphatic hydroxyl groups is 1. The van der Waals surface area contributed by atoms with Crippen LogP contribution in [-0.2, 0) is 0 Å². The van der Waals surface area contributed by atoms with Crippen LogP contribution in [0.15, 0.2) is 0 Å². The van der Waals surface area contributed by atoms with E-state index in [0.29, 0.717) is 18.1 Å². The van der Waals surface area contributed by atoms with Gasteiger partial charge in [-0.2, -0.15) is 0 Å². The van der Waals surface area contributed by atoms with Crippen molar-refractivity contribution >= 4 is 0 Å². The molecule has 2 unspecified atom stereocenters. The van der Waals surface area contributed by atoms with Crippen LogP contribution in [0.2, 0.25) is 0 Å². The van der Waals surface area contributed by atoms with E-state index in [9.17, 15) is 0 Å². The lowest BCUT2D eigenvalue weighted by molar-refractivity contribution is 0.226. The average Bonchev–Trinajstić information content (AvgIpc) is 2.22. The van der Waals surface area contributed by atoms with Gasteiger partial charge in [0.05, 0.1) is 0 Å². The normalized spacial score (nSPS) is 16.4. The Balaban J connectivity index is 3.81. The van der Waals surface area contributed by atoms with Gasteiger partial charge in [-0.3, -0.25) is 0 Å². The molecule has 15 heavy (non-hydrogen) atoms. The fraction of sp³-hybridized carbons (Fsp3) is 1.00. The van der Waals surface area contributed by atoms with Crippen LogP contribution >= 0.6 is 0 Å². The fourth-order valence-electron chi connectivity index (χ4n) is 1.64. The lowest BCUT2D eigenvalue weighted by Crippen LogP contribution is -2.38. The molecule has 0 heterocycles. The van der Waals surface area contributed by atoms with Crippen LogP contribution in [0.1, 0.15) is 53.9 Å². The van der Waals surface area contributed by atoms with Crippen LogP contribution in [0.5, 0.6) is 0 Å². The number of rotatable bonds is 8. The van der Waals surface area contributed by atoms with E-state index in [2.05, 4.69) is 39.9 Å². The Hall–Kier alpha value is -0.0800. The summed E-state index contributed by atoms with van der Waals surface area (Å²) >= 11 is 0. The monoisotopic (exact) mass is 215 g/mol. The first-order valence-electron chi connectivity index (χ1n) is 6.27. The third-order valence-electron chi connectivity index (χ3n) is 3.41. The van der Waals surface area contributed by atoms with Gasteiger partial charge >= 0.3 is 0 Å². The minimum Gasteiger partial charge on any atom is -0.396 e. The van der Waals surface area contributed by atoms with E-state index in [-0.39, 0.29) is 0 Å². The van der Waals surface area contributed by atoms with E-state index < -0.39 is 0 Å². The second-order valence-corrected chi connectivity index (χ2v) is 5.55. The van der Waals surface area contributed by atoms with Crippen LogP contribution in [-0.4, -0.2) is 24.3 Å². The molecule has 0 saturated heterocycles. The van der Waals surface area contributed by atoms with Gasteiger partial charge < -0.3 is 10.4 Å². The second kappa shape index (κ2) is 7.24. The van der Waals surface area contributed by atoms with Crippen LogP contribution in [0.25, 0.3) is 0 Å². The zero-order valence-electron chi connectivity index (χ0n) is 11.1. The van der Waals surface area contributed by atoms with E-state index >= 15 is 0 Å². The van der Waals surface area contributed by atoms with Crippen LogP contribution in [0, 0.1) is 11.3 Å². The molecule has 0 rings (SSSR count). The van der Waals surface area contributed by atoms with Gasteiger partial charge in [-0.1, -0.05) is 34.1 Å². The van der Waals surface area contributed by atoms with Crippen molar-refractivity contribution in [1.82, 2.24) is 5.32 Å². The molecule has 0 aliphatic carbocycles. The molecule has 0 aromatic heterocycles. The lowest BCUT2D eigenvalue weighted by atomic mass is 9.87. The Morgan fingerprint density at radius 1 is 1.27 bits per heavy atom. The van der Waals surface area contributed by atoms with Crippen molar-refractivity contribution in [2.45, 2.75) is 59.9 Å². The Kier molecular flexibility index (Phi) is 7.20. The predicted molar refractivity (Wildman–Crippen MR) is 67.0 cm³/mol. The van der Waals surface area contributed by atoms with Gasteiger partial charge in [0.25, 0.3) is 0 Å². The third-order valence-corrected chi connectivity index (χ3v) is 3.41. The molecule has 0 amide bonds. The zero-order valence-corrected chi connectivity index (χ0v) is 11.1. The Morgan fingerprint density at radius 3 is 2.33 bits per heavy atom. The maximum Gasteiger partial charge on any atom is 0.0431 e. The van der Waals surface area contributed by atoms with Crippen molar-refractivity contribution in [3.63, 3.8) is 0 Å². The summed E-state index contributed by atoms with van der Waals surface area (Å²) in [4.78, 5) is 0. The number of aliphatic hydroxyl groups excluding tert-OH is 1. The fourth-order valence-corrected chi connectivity index (χ4v) is 1.64. The van der Waals surface area contributed by atoms with Gasteiger partial charge in [0.2, 0.25) is 0 Å². The highest BCUT2D eigenvalue weighted by Gasteiger charge is 2.19. The molecule has 2 atom stereocenters. The van der Waals surface area contributed by atoms with Crippen molar-refractivity contribution in [3.05, 3.63) is 0 Å². The van der Waals surface area contributed by atoms with Crippen molar-refractivity contribution in [1.29, 1.82) is 0 Å². The Bertz CT molecular complexity index is 157. The van der Waals surface area contributed by atoms with E-state index in [4.69, 9.17) is 5.11 Å². The van der Waals surface area contributed by atoms with Crippen molar-refractivity contribution in [2.75, 3.05) is 13.2 Å². The molecule has 2 heteroatoms. The van der Waals surface area contributed by atoms with Gasteiger partial charge in [-0.25, -0.2) is 0 Å². The second-order valence-electron chi connectivity index (χ2n) is 5.55.